The highest BCUT2D eigenvalue weighted by Crippen LogP contribution is 2.35. The summed E-state index contributed by atoms with van der Waals surface area (Å²) in [6, 6.07) is 0. The topological polar surface area (TPSA) is 34.6 Å². The summed E-state index contributed by atoms with van der Waals surface area (Å²) in [6.45, 7) is 7.81. The van der Waals surface area contributed by atoms with Crippen LogP contribution in [0.2, 0.25) is 0 Å². The molecule has 0 radical (unpaired) electrons. The van der Waals surface area contributed by atoms with Gasteiger partial charge in [0.2, 0.25) is 6.29 Å². The van der Waals surface area contributed by atoms with Gasteiger partial charge in [0.05, 0.1) is 5.01 Å². The van der Waals surface area contributed by atoms with Crippen molar-refractivity contribution >= 4 is 11.3 Å². The summed E-state index contributed by atoms with van der Waals surface area (Å²) in [7, 11) is 0. The Labute approximate surface area is 118 Å². The maximum absolute atomic E-state index is 5.49. The lowest BCUT2D eigenvalue weighted by molar-refractivity contribution is -0.383. The highest BCUT2D eigenvalue weighted by atomic mass is 32.1. The van der Waals surface area contributed by atoms with Gasteiger partial charge in [0, 0.05) is 11.3 Å². The zero-order valence-electron chi connectivity index (χ0n) is 11.7. The Morgan fingerprint density at radius 1 is 1.37 bits per heavy atom. The lowest BCUT2D eigenvalue weighted by Crippen LogP contribution is -2.33. The maximum Gasteiger partial charge on any atom is 0.207 e. The molecule has 0 atom stereocenters. The molecule has 1 aromatic rings. The quantitative estimate of drug-likeness (QED) is 0.850. The highest BCUT2D eigenvalue weighted by molar-refractivity contribution is 7.09. The molecule has 2 aliphatic heterocycles. The van der Waals surface area contributed by atoms with Gasteiger partial charge in [0.25, 0.3) is 0 Å². The molecule has 106 valence electrons. The zero-order valence-corrected chi connectivity index (χ0v) is 12.5. The van der Waals surface area contributed by atoms with Gasteiger partial charge in [0.1, 0.15) is 5.69 Å². The zero-order chi connectivity index (χ0) is 13.2. The Morgan fingerprint density at radius 2 is 2.11 bits per heavy atom. The minimum atomic E-state index is -0.222. The Hall–Kier alpha value is -0.490. The molecular weight excluding hydrogens is 260 g/mol. The van der Waals surface area contributed by atoms with Crippen molar-refractivity contribution in [3.8, 4) is 0 Å². The molecule has 3 heterocycles. The SMILES string of the molecule is CCCN1CCC(c2nc(C3OC(C)O3)cs2)CC1. The molecule has 0 N–H and O–H groups in total. The van der Waals surface area contributed by atoms with Crippen LogP contribution in [-0.4, -0.2) is 35.8 Å². The van der Waals surface area contributed by atoms with E-state index in [0.29, 0.717) is 5.92 Å². The van der Waals surface area contributed by atoms with Gasteiger partial charge in [-0.2, -0.15) is 0 Å². The molecule has 4 nitrogen and oxygen atoms in total. The molecule has 0 amide bonds. The first kappa shape index (κ1) is 13.5. The summed E-state index contributed by atoms with van der Waals surface area (Å²) in [5.74, 6) is 0.629. The fraction of sp³-hybridized carbons (Fsp3) is 0.786. The number of rotatable bonds is 4. The predicted molar refractivity (Wildman–Crippen MR) is 75.2 cm³/mol. The molecule has 2 fully saturated rings. The van der Waals surface area contributed by atoms with Crippen molar-refractivity contribution in [2.75, 3.05) is 19.6 Å². The van der Waals surface area contributed by atoms with E-state index in [1.807, 2.05) is 6.92 Å². The predicted octanol–water partition coefficient (Wildman–Crippen LogP) is 3.12. The maximum atomic E-state index is 5.49. The summed E-state index contributed by atoms with van der Waals surface area (Å²) >= 11 is 1.76. The minimum Gasteiger partial charge on any atom is -0.318 e. The Balaban J connectivity index is 1.55. The molecule has 0 unspecified atom stereocenters. The summed E-state index contributed by atoms with van der Waals surface area (Å²) in [4.78, 5) is 7.27. The van der Waals surface area contributed by atoms with Gasteiger partial charge in [-0.1, -0.05) is 6.92 Å². The number of nitrogens with zero attached hydrogens (tertiary/aromatic N) is 2. The molecule has 2 aliphatic rings. The van der Waals surface area contributed by atoms with E-state index in [1.165, 1.54) is 43.9 Å². The van der Waals surface area contributed by atoms with E-state index < -0.39 is 0 Å². The Bertz CT molecular complexity index is 409. The van der Waals surface area contributed by atoms with Crippen LogP contribution in [0.25, 0.3) is 0 Å². The molecule has 0 bridgehead atoms. The third-order valence-electron chi connectivity index (χ3n) is 3.89. The molecule has 1 aromatic heterocycles. The molecule has 19 heavy (non-hydrogen) atoms. The fourth-order valence-corrected chi connectivity index (χ4v) is 3.81. The van der Waals surface area contributed by atoms with Gasteiger partial charge in [-0.3, -0.25) is 0 Å². The van der Waals surface area contributed by atoms with Gasteiger partial charge in [-0.15, -0.1) is 11.3 Å². The number of likely N-dealkylation sites (tertiary alicyclic amines) is 1. The summed E-state index contributed by atoms with van der Waals surface area (Å²) in [5, 5.41) is 3.35. The normalized spacial score (nSPS) is 29.4. The van der Waals surface area contributed by atoms with E-state index in [2.05, 4.69) is 17.2 Å². The van der Waals surface area contributed by atoms with Crippen LogP contribution in [0, 0.1) is 0 Å². The van der Waals surface area contributed by atoms with Crippen molar-refractivity contribution in [2.45, 2.75) is 51.6 Å². The Kier molecular flexibility index (Phi) is 4.17. The third-order valence-corrected chi connectivity index (χ3v) is 4.91. The van der Waals surface area contributed by atoms with Crippen LogP contribution in [0.1, 0.15) is 56.0 Å². The second-order valence-electron chi connectivity index (χ2n) is 5.40. The molecule has 0 aromatic carbocycles. The van der Waals surface area contributed by atoms with Crippen LogP contribution in [0.5, 0.6) is 0 Å². The average molecular weight is 282 g/mol. The molecular formula is C14H22N2O2S. The summed E-state index contributed by atoms with van der Waals surface area (Å²) in [5.41, 5.74) is 0.953. The largest absolute Gasteiger partial charge is 0.318 e. The van der Waals surface area contributed by atoms with E-state index in [1.54, 1.807) is 11.3 Å². The number of piperidine rings is 1. The number of hydrogen-bond acceptors (Lipinski definition) is 5. The van der Waals surface area contributed by atoms with Gasteiger partial charge >= 0.3 is 0 Å². The molecule has 0 aliphatic carbocycles. The number of hydrogen-bond donors (Lipinski definition) is 0. The smallest absolute Gasteiger partial charge is 0.207 e. The fourth-order valence-electron chi connectivity index (χ4n) is 2.81. The molecule has 0 saturated carbocycles. The monoisotopic (exact) mass is 282 g/mol. The van der Waals surface area contributed by atoms with Crippen molar-refractivity contribution in [3.63, 3.8) is 0 Å². The summed E-state index contributed by atoms with van der Waals surface area (Å²) < 4.78 is 11.0. The number of aromatic nitrogens is 1. The van der Waals surface area contributed by atoms with Crippen LogP contribution in [-0.2, 0) is 9.47 Å². The molecule has 0 spiro atoms. The van der Waals surface area contributed by atoms with Crippen molar-refractivity contribution in [1.82, 2.24) is 9.88 Å². The van der Waals surface area contributed by atoms with E-state index in [9.17, 15) is 0 Å². The number of ether oxygens (including phenoxy) is 2. The number of thiazole rings is 1. The molecule has 2 saturated heterocycles. The second-order valence-corrected chi connectivity index (χ2v) is 6.29. The van der Waals surface area contributed by atoms with Gasteiger partial charge in [-0.25, -0.2) is 4.98 Å². The summed E-state index contributed by atoms with van der Waals surface area (Å²) in [6.07, 6.45) is 3.42. The van der Waals surface area contributed by atoms with Crippen molar-refractivity contribution in [3.05, 3.63) is 16.1 Å². The first-order valence-electron chi connectivity index (χ1n) is 7.25. The average Bonchev–Trinajstić information content (AvgIpc) is 2.85. The Morgan fingerprint density at radius 3 is 2.74 bits per heavy atom. The van der Waals surface area contributed by atoms with E-state index in [4.69, 9.17) is 14.5 Å². The first-order valence-corrected chi connectivity index (χ1v) is 8.13. The lowest BCUT2D eigenvalue weighted by atomic mass is 9.97. The van der Waals surface area contributed by atoms with Gasteiger partial charge < -0.3 is 14.4 Å². The van der Waals surface area contributed by atoms with E-state index in [0.717, 1.165) is 5.69 Å². The van der Waals surface area contributed by atoms with Crippen molar-refractivity contribution < 1.29 is 9.47 Å². The second kappa shape index (κ2) is 5.87. The van der Waals surface area contributed by atoms with Crippen molar-refractivity contribution in [1.29, 1.82) is 0 Å². The lowest BCUT2D eigenvalue weighted by Gasteiger charge is -2.32. The van der Waals surface area contributed by atoms with Crippen molar-refractivity contribution in [2.24, 2.45) is 0 Å². The third kappa shape index (κ3) is 2.99. The standard InChI is InChI=1S/C14H22N2O2S/c1-3-6-16-7-4-11(5-8-16)13-15-12(9-19-13)14-17-10(2)18-14/h9-11,14H,3-8H2,1-2H3. The van der Waals surface area contributed by atoms with E-state index in [-0.39, 0.29) is 12.6 Å². The van der Waals surface area contributed by atoms with Crippen LogP contribution in [0.15, 0.2) is 5.38 Å². The van der Waals surface area contributed by atoms with E-state index >= 15 is 0 Å². The van der Waals surface area contributed by atoms with Gasteiger partial charge in [-0.05, 0) is 45.8 Å². The van der Waals surface area contributed by atoms with Crippen LogP contribution >= 0.6 is 11.3 Å². The highest BCUT2D eigenvalue weighted by Gasteiger charge is 2.31. The van der Waals surface area contributed by atoms with Gasteiger partial charge in [0.15, 0.2) is 6.29 Å². The first-order chi connectivity index (χ1) is 9.26. The van der Waals surface area contributed by atoms with Crippen LogP contribution in [0.4, 0.5) is 0 Å². The minimum absolute atomic E-state index is 0.0765. The van der Waals surface area contributed by atoms with Crippen LogP contribution in [0.3, 0.4) is 0 Å². The van der Waals surface area contributed by atoms with Crippen LogP contribution < -0.4 is 0 Å². The molecule has 3 rings (SSSR count). The molecule has 5 heteroatoms.